The Kier molecular flexibility index (Phi) is 7.11. The molecule has 28 heavy (non-hydrogen) atoms. The molecule has 0 unspecified atom stereocenters. The second-order valence-electron chi connectivity index (χ2n) is 5.84. The third-order valence-electron chi connectivity index (χ3n) is 3.84. The van der Waals surface area contributed by atoms with Crippen LogP contribution in [0.2, 0.25) is 0 Å². The lowest BCUT2D eigenvalue weighted by Crippen LogP contribution is -2.28. The van der Waals surface area contributed by atoms with Crippen molar-refractivity contribution >= 4 is 15.7 Å². The van der Waals surface area contributed by atoms with E-state index in [1.165, 1.54) is 45.6 Å². The lowest BCUT2D eigenvalue weighted by atomic mass is 10.1. The van der Waals surface area contributed by atoms with E-state index in [1.807, 2.05) is 0 Å². The number of benzene rings is 2. The van der Waals surface area contributed by atoms with E-state index in [9.17, 15) is 13.2 Å². The van der Waals surface area contributed by atoms with Gasteiger partial charge in [-0.05, 0) is 42.0 Å². The Morgan fingerprint density at radius 3 is 2.00 bits per heavy atom. The molecule has 152 valence electrons. The molecule has 2 aromatic rings. The molecule has 1 amide bonds. The second-order valence-corrected chi connectivity index (χ2v) is 7.86. The number of ether oxygens (including phenoxy) is 4. The van der Waals surface area contributed by atoms with Crippen molar-refractivity contribution in [3.8, 4) is 23.0 Å². The highest BCUT2D eigenvalue weighted by molar-refractivity contribution is 7.90. The SMILES string of the molecule is COc1cc(CNC(=O)COc2ccc(S(C)(=O)=O)cc2)cc(OC)c1OC. The van der Waals surface area contributed by atoms with Gasteiger partial charge < -0.3 is 24.3 Å². The standard InChI is InChI=1S/C19H23NO7S/c1-24-16-9-13(10-17(25-2)19(16)26-3)11-20-18(21)12-27-14-5-7-15(8-6-14)28(4,22)23/h5-10H,11-12H2,1-4H3,(H,20,21). The Hall–Kier alpha value is -2.94. The summed E-state index contributed by atoms with van der Waals surface area (Å²) in [5.74, 6) is 1.53. The Morgan fingerprint density at radius 2 is 1.54 bits per heavy atom. The molecule has 2 aromatic carbocycles. The maximum atomic E-state index is 12.0. The number of hydrogen-bond donors (Lipinski definition) is 1. The molecule has 8 nitrogen and oxygen atoms in total. The van der Waals surface area contributed by atoms with Crippen LogP contribution in [0.3, 0.4) is 0 Å². The van der Waals surface area contributed by atoms with E-state index in [2.05, 4.69) is 5.32 Å². The first-order chi connectivity index (χ1) is 13.3. The number of carbonyl (C=O) groups is 1. The summed E-state index contributed by atoms with van der Waals surface area (Å²) in [7, 11) is 1.28. The molecule has 0 spiro atoms. The van der Waals surface area contributed by atoms with E-state index < -0.39 is 9.84 Å². The summed E-state index contributed by atoms with van der Waals surface area (Å²) >= 11 is 0. The normalized spacial score (nSPS) is 10.9. The largest absolute Gasteiger partial charge is 0.493 e. The molecule has 9 heteroatoms. The Bertz CT molecular complexity index is 899. The fourth-order valence-corrected chi connectivity index (χ4v) is 3.05. The quantitative estimate of drug-likeness (QED) is 0.674. The van der Waals surface area contributed by atoms with Gasteiger partial charge in [-0.15, -0.1) is 0 Å². The summed E-state index contributed by atoms with van der Waals surface area (Å²) in [6.07, 6.45) is 1.12. The van der Waals surface area contributed by atoms with Gasteiger partial charge in [0.2, 0.25) is 5.75 Å². The minimum atomic E-state index is -3.27. The predicted molar refractivity (Wildman–Crippen MR) is 103 cm³/mol. The molecule has 0 atom stereocenters. The summed E-state index contributed by atoms with van der Waals surface area (Å²) in [6, 6.07) is 9.35. The van der Waals surface area contributed by atoms with Crippen LogP contribution in [0.1, 0.15) is 5.56 Å². The molecule has 0 saturated carbocycles. The van der Waals surface area contributed by atoms with Crippen molar-refractivity contribution < 1.29 is 32.2 Å². The number of rotatable bonds is 9. The second kappa shape index (κ2) is 9.32. The highest BCUT2D eigenvalue weighted by Crippen LogP contribution is 2.38. The number of hydrogen-bond acceptors (Lipinski definition) is 7. The lowest BCUT2D eigenvalue weighted by Gasteiger charge is -2.14. The van der Waals surface area contributed by atoms with E-state index in [0.717, 1.165) is 11.8 Å². The fraction of sp³-hybridized carbons (Fsp3) is 0.316. The number of amides is 1. The first-order valence-corrected chi connectivity index (χ1v) is 10.2. The Labute approximate surface area is 164 Å². The highest BCUT2D eigenvalue weighted by Gasteiger charge is 2.14. The minimum Gasteiger partial charge on any atom is -0.493 e. The van der Waals surface area contributed by atoms with Crippen molar-refractivity contribution in [3.05, 3.63) is 42.0 Å². The van der Waals surface area contributed by atoms with Gasteiger partial charge in [-0.2, -0.15) is 0 Å². The van der Waals surface area contributed by atoms with E-state index >= 15 is 0 Å². The van der Waals surface area contributed by atoms with Crippen LogP contribution < -0.4 is 24.3 Å². The molecule has 0 saturated heterocycles. The number of carbonyl (C=O) groups excluding carboxylic acids is 1. The zero-order valence-corrected chi connectivity index (χ0v) is 17.0. The average molecular weight is 409 g/mol. The van der Waals surface area contributed by atoms with Crippen molar-refractivity contribution in [1.29, 1.82) is 0 Å². The van der Waals surface area contributed by atoms with Crippen molar-refractivity contribution in [2.75, 3.05) is 34.2 Å². The average Bonchev–Trinajstić information content (AvgIpc) is 2.69. The van der Waals surface area contributed by atoms with Crippen LogP contribution >= 0.6 is 0 Å². The van der Waals surface area contributed by atoms with Gasteiger partial charge >= 0.3 is 0 Å². The zero-order valence-electron chi connectivity index (χ0n) is 16.1. The molecule has 0 heterocycles. The smallest absolute Gasteiger partial charge is 0.258 e. The highest BCUT2D eigenvalue weighted by atomic mass is 32.2. The van der Waals surface area contributed by atoms with Crippen LogP contribution in [-0.4, -0.2) is 48.5 Å². The molecule has 0 bridgehead atoms. The van der Waals surface area contributed by atoms with Crippen LogP contribution in [0, 0.1) is 0 Å². The zero-order chi connectivity index (χ0) is 20.7. The van der Waals surface area contributed by atoms with Crippen LogP contribution in [0.25, 0.3) is 0 Å². The number of methoxy groups -OCH3 is 3. The lowest BCUT2D eigenvalue weighted by molar-refractivity contribution is -0.123. The Morgan fingerprint density at radius 1 is 0.964 bits per heavy atom. The third-order valence-corrected chi connectivity index (χ3v) is 4.96. The van der Waals surface area contributed by atoms with Crippen molar-refractivity contribution in [2.24, 2.45) is 0 Å². The monoisotopic (exact) mass is 409 g/mol. The topological polar surface area (TPSA) is 100 Å². The summed E-state index contributed by atoms with van der Waals surface area (Å²) < 4.78 is 44.1. The minimum absolute atomic E-state index is 0.187. The molecular formula is C19H23NO7S. The summed E-state index contributed by atoms with van der Waals surface area (Å²) in [5.41, 5.74) is 0.764. The molecule has 0 aliphatic heterocycles. The van der Waals surface area contributed by atoms with E-state index in [1.54, 1.807) is 12.1 Å². The maximum Gasteiger partial charge on any atom is 0.258 e. The molecule has 2 rings (SSSR count). The molecule has 0 aliphatic rings. The van der Waals surface area contributed by atoms with Crippen LogP contribution in [-0.2, 0) is 21.2 Å². The van der Waals surface area contributed by atoms with Gasteiger partial charge in [-0.1, -0.05) is 0 Å². The molecule has 0 aromatic heterocycles. The van der Waals surface area contributed by atoms with Crippen molar-refractivity contribution in [3.63, 3.8) is 0 Å². The van der Waals surface area contributed by atoms with Gasteiger partial charge in [0, 0.05) is 12.8 Å². The van der Waals surface area contributed by atoms with Gasteiger partial charge in [0.25, 0.3) is 5.91 Å². The predicted octanol–water partition coefficient (Wildman–Crippen LogP) is 1.81. The summed E-state index contributed by atoms with van der Waals surface area (Å²) in [6.45, 7) is 0.0363. The maximum absolute atomic E-state index is 12.0. The summed E-state index contributed by atoms with van der Waals surface area (Å²) in [5, 5.41) is 2.73. The Balaban J connectivity index is 1.94. The van der Waals surface area contributed by atoms with Crippen molar-refractivity contribution in [1.82, 2.24) is 5.32 Å². The van der Waals surface area contributed by atoms with E-state index in [0.29, 0.717) is 23.0 Å². The summed E-state index contributed by atoms with van der Waals surface area (Å²) in [4.78, 5) is 12.2. The van der Waals surface area contributed by atoms with Gasteiger partial charge in [-0.25, -0.2) is 8.42 Å². The fourth-order valence-electron chi connectivity index (χ4n) is 2.42. The van der Waals surface area contributed by atoms with Crippen LogP contribution in [0.4, 0.5) is 0 Å². The number of nitrogens with one attached hydrogen (secondary N) is 1. The molecule has 1 N–H and O–H groups in total. The first kappa shape index (κ1) is 21.4. The van der Waals surface area contributed by atoms with Gasteiger partial charge in [-0.3, -0.25) is 4.79 Å². The van der Waals surface area contributed by atoms with E-state index in [4.69, 9.17) is 18.9 Å². The van der Waals surface area contributed by atoms with Gasteiger partial charge in [0.1, 0.15) is 5.75 Å². The van der Waals surface area contributed by atoms with Gasteiger partial charge in [0.15, 0.2) is 27.9 Å². The molecule has 0 aliphatic carbocycles. The van der Waals surface area contributed by atoms with Crippen LogP contribution in [0.15, 0.2) is 41.3 Å². The van der Waals surface area contributed by atoms with Gasteiger partial charge in [0.05, 0.1) is 26.2 Å². The van der Waals surface area contributed by atoms with E-state index in [-0.39, 0.29) is 24.0 Å². The third kappa shape index (κ3) is 5.53. The van der Waals surface area contributed by atoms with Crippen molar-refractivity contribution in [2.45, 2.75) is 11.4 Å². The van der Waals surface area contributed by atoms with Crippen LogP contribution in [0.5, 0.6) is 23.0 Å². The molecule has 0 fully saturated rings. The molecular weight excluding hydrogens is 386 g/mol. The number of sulfone groups is 1. The first-order valence-electron chi connectivity index (χ1n) is 8.27. The molecule has 0 radical (unpaired) electrons.